The number of aromatic nitrogens is 2. The van der Waals surface area contributed by atoms with Crippen molar-refractivity contribution in [1.29, 1.82) is 5.26 Å². The molecule has 0 bridgehead atoms. The fourth-order valence-electron chi connectivity index (χ4n) is 1.77. The van der Waals surface area contributed by atoms with Crippen molar-refractivity contribution in [3.63, 3.8) is 0 Å². The van der Waals surface area contributed by atoms with Crippen molar-refractivity contribution in [1.82, 2.24) is 9.97 Å². The summed E-state index contributed by atoms with van der Waals surface area (Å²) in [6.45, 7) is 3.15. The molecule has 19 heavy (non-hydrogen) atoms. The summed E-state index contributed by atoms with van der Waals surface area (Å²) >= 11 is 0. The van der Waals surface area contributed by atoms with Crippen LogP contribution < -0.4 is 9.64 Å². The van der Waals surface area contributed by atoms with Crippen LogP contribution in [0, 0.1) is 11.3 Å². The Labute approximate surface area is 111 Å². The molecule has 102 valence electrons. The highest BCUT2D eigenvalue weighted by Gasteiger charge is 2.16. The van der Waals surface area contributed by atoms with Crippen LogP contribution in [0.3, 0.4) is 0 Å². The normalized spacial score (nSPS) is 15.1. The molecule has 1 aromatic rings. The van der Waals surface area contributed by atoms with Crippen LogP contribution in [-0.2, 0) is 16.1 Å². The lowest BCUT2D eigenvalue weighted by Gasteiger charge is -2.27. The zero-order valence-electron chi connectivity index (χ0n) is 10.8. The summed E-state index contributed by atoms with van der Waals surface area (Å²) in [7, 11) is 1.60. The van der Waals surface area contributed by atoms with Gasteiger partial charge in [0.05, 0.1) is 25.5 Å². The number of rotatable bonds is 5. The van der Waals surface area contributed by atoms with E-state index in [1.807, 2.05) is 11.0 Å². The first-order valence-electron chi connectivity index (χ1n) is 6.03. The van der Waals surface area contributed by atoms with Gasteiger partial charge in [0.2, 0.25) is 11.8 Å². The maximum Gasteiger partial charge on any atom is 0.229 e. The van der Waals surface area contributed by atoms with E-state index in [9.17, 15) is 0 Å². The van der Waals surface area contributed by atoms with Gasteiger partial charge in [-0.3, -0.25) is 0 Å². The van der Waals surface area contributed by atoms with Gasteiger partial charge in [-0.25, -0.2) is 4.98 Å². The molecule has 0 spiro atoms. The van der Waals surface area contributed by atoms with Gasteiger partial charge >= 0.3 is 0 Å². The third kappa shape index (κ3) is 3.77. The molecular formula is C12H16N4O3. The number of hydrogen-bond acceptors (Lipinski definition) is 7. The van der Waals surface area contributed by atoms with E-state index < -0.39 is 0 Å². The predicted molar refractivity (Wildman–Crippen MR) is 66.9 cm³/mol. The first kappa shape index (κ1) is 13.5. The van der Waals surface area contributed by atoms with Gasteiger partial charge in [0.25, 0.3) is 0 Å². The molecule has 0 radical (unpaired) electrons. The molecule has 7 heteroatoms. The van der Waals surface area contributed by atoms with E-state index in [0.29, 0.717) is 31.6 Å². The fraction of sp³-hybridized carbons (Fsp3) is 0.583. The maximum atomic E-state index is 8.55. The van der Waals surface area contributed by atoms with Gasteiger partial charge in [0, 0.05) is 26.3 Å². The molecule has 7 nitrogen and oxygen atoms in total. The van der Waals surface area contributed by atoms with E-state index in [0.717, 1.165) is 18.8 Å². The van der Waals surface area contributed by atoms with Crippen molar-refractivity contribution in [2.75, 3.05) is 44.9 Å². The van der Waals surface area contributed by atoms with E-state index in [1.165, 1.54) is 0 Å². The molecule has 2 heterocycles. The molecule has 0 N–H and O–H groups in total. The quantitative estimate of drug-likeness (QED) is 0.759. The molecular weight excluding hydrogens is 248 g/mol. The highest BCUT2D eigenvalue weighted by atomic mass is 16.5. The van der Waals surface area contributed by atoms with E-state index in [2.05, 4.69) is 9.97 Å². The van der Waals surface area contributed by atoms with Crippen LogP contribution in [0.4, 0.5) is 5.95 Å². The van der Waals surface area contributed by atoms with E-state index in [1.54, 1.807) is 13.2 Å². The Bertz CT molecular complexity index is 455. The number of nitriles is 1. The Balaban J connectivity index is 2.19. The first-order chi connectivity index (χ1) is 9.33. The summed E-state index contributed by atoms with van der Waals surface area (Å²) in [5.41, 5.74) is 0.729. The minimum atomic E-state index is -0.0357. The Morgan fingerprint density at radius 2 is 2.21 bits per heavy atom. The standard InChI is InChI=1S/C12H16N4O3/c1-17-9-10-8-11(19-5-2-13)15-12(14-10)16-3-6-18-7-4-16/h8H,3-7,9H2,1H3. The largest absolute Gasteiger partial charge is 0.462 e. The average Bonchev–Trinajstić information content (AvgIpc) is 2.46. The zero-order chi connectivity index (χ0) is 13.5. The minimum Gasteiger partial charge on any atom is -0.462 e. The molecule has 0 aliphatic carbocycles. The van der Waals surface area contributed by atoms with Gasteiger partial charge < -0.3 is 19.1 Å². The number of hydrogen-bond donors (Lipinski definition) is 0. The summed E-state index contributed by atoms with van der Waals surface area (Å²) in [4.78, 5) is 10.8. The van der Waals surface area contributed by atoms with Gasteiger partial charge in [0.15, 0.2) is 6.61 Å². The van der Waals surface area contributed by atoms with Crippen LogP contribution in [-0.4, -0.2) is 50.0 Å². The Kier molecular flexibility index (Phi) is 4.89. The van der Waals surface area contributed by atoms with Crippen molar-refractivity contribution in [3.05, 3.63) is 11.8 Å². The lowest BCUT2D eigenvalue weighted by atomic mass is 10.4. The van der Waals surface area contributed by atoms with Crippen LogP contribution in [0.5, 0.6) is 5.88 Å². The van der Waals surface area contributed by atoms with Gasteiger partial charge in [-0.1, -0.05) is 0 Å². The average molecular weight is 264 g/mol. The lowest BCUT2D eigenvalue weighted by molar-refractivity contribution is 0.121. The summed E-state index contributed by atoms with van der Waals surface area (Å²) in [5, 5.41) is 8.55. The fourth-order valence-corrected chi connectivity index (χ4v) is 1.77. The van der Waals surface area contributed by atoms with Crippen molar-refractivity contribution in [2.24, 2.45) is 0 Å². The molecule has 1 aromatic heterocycles. The highest BCUT2D eigenvalue weighted by molar-refractivity contribution is 5.35. The molecule has 0 aromatic carbocycles. The van der Waals surface area contributed by atoms with Crippen LogP contribution >= 0.6 is 0 Å². The van der Waals surface area contributed by atoms with Crippen molar-refractivity contribution in [3.8, 4) is 11.9 Å². The number of nitrogens with zero attached hydrogens (tertiary/aromatic N) is 4. The second kappa shape index (κ2) is 6.87. The van der Waals surface area contributed by atoms with Crippen molar-refractivity contribution in [2.45, 2.75) is 6.61 Å². The van der Waals surface area contributed by atoms with Crippen LogP contribution in [0.15, 0.2) is 6.07 Å². The molecule has 0 saturated carbocycles. The molecule has 1 saturated heterocycles. The van der Waals surface area contributed by atoms with Crippen LogP contribution in [0.25, 0.3) is 0 Å². The predicted octanol–water partition coefficient (Wildman–Crippen LogP) is 0.362. The minimum absolute atomic E-state index is 0.0357. The maximum absolute atomic E-state index is 8.55. The monoisotopic (exact) mass is 264 g/mol. The van der Waals surface area contributed by atoms with Crippen molar-refractivity contribution < 1.29 is 14.2 Å². The number of methoxy groups -OCH3 is 1. The van der Waals surface area contributed by atoms with Crippen molar-refractivity contribution >= 4 is 5.95 Å². The molecule has 0 atom stereocenters. The van der Waals surface area contributed by atoms with Gasteiger partial charge in [0.1, 0.15) is 6.07 Å². The third-order valence-corrected chi connectivity index (χ3v) is 2.61. The van der Waals surface area contributed by atoms with Crippen LogP contribution in [0.2, 0.25) is 0 Å². The van der Waals surface area contributed by atoms with Gasteiger partial charge in [-0.05, 0) is 0 Å². The van der Waals surface area contributed by atoms with E-state index in [-0.39, 0.29) is 6.61 Å². The molecule has 0 unspecified atom stereocenters. The zero-order valence-corrected chi connectivity index (χ0v) is 10.8. The summed E-state index contributed by atoms with van der Waals surface area (Å²) in [6.07, 6.45) is 0. The Morgan fingerprint density at radius 1 is 1.42 bits per heavy atom. The Hall–Kier alpha value is -1.91. The van der Waals surface area contributed by atoms with Gasteiger partial charge in [-0.15, -0.1) is 0 Å². The summed E-state index contributed by atoms with van der Waals surface area (Å²) in [5.74, 6) is 0.982. The van der Waals surface area contributed by atoms with E-state index >= 15 is 0 Å². The van der Waals surface area contributed by atoms with E-state index in [4.69, 9.17) is 19.5 Å². The molecule has 1 aliphatic heterocycles. The SMILES string of the molecule is COCc1cc(OCC#N)nc(N2CCOCC2)n1. The molecule has 1 fully saturated rings. The summed E-state index contributed by atoms with van der Waals surface area (Å²) in [6, 6.07) is 3.60. The topological polar surface area (TPSA) is 80.5 Å². The lowest BCUT2D eigenvalue weighted by Crippen LogP contribution is -2.37. The van der Waals surface area contributed by atoms with Gasteiger partial charge in [-0.2, -0.15) is 10.2 Å². The third-order valence-electron chi connectivity index (χ3n) is 2.61. The number of ether oxygens (including phenoxy) is 3. The molecule has 1 aliphatic rings. The molecule has 0 amide bonds. The van der Waals surface area contributed by atoms with Crippen LogP contribution in [0.1, 0.15) is 5.69 Å². The number of morpholine rings is 1. The smallest absolute Gasteiger partial charge is 0.229 e. The second-order valence-corrected chi connectivity index (χ2v) is 3.98. The Morgan fingerprint density at radius 3 is 2.89 bits per heavy atom. The second-order valence-electron chi connectivity index (χ2n) is 3.98. The molecule has 2 rings (SSSR count). The highest BCUT2D eigenvalue weighted by Crippen LogP contribution is 2.17. The summed E-state index contributed by atoms with van der Waals surface area (Å²) < 4.78 is 15.6. The number of anilines is 1. The first-order valence-corrected chi connectivity index (χ1v) is 6.03.